The number of amides is 1. The van der Waals surface area contributed by atoms with E-state index in [1.807, 2.05) is 6.07 Å². The fourth-order valence-corrected chi connectivity index (χ4v) is 5.77. The van der Waals surface area contributed by atoms with E-state index in [-0.39, 0.29) is 11.6 Å². The SMILES string of the molecule is COCc1ccc([C@@H]2C[C@H]3CN(Cc4ccccc4C)C(=O)[C@]34CCCN24)o1. The lowest BCUT2D eigenvalue weighted by atomic mass is 9.85. The van der Waals surface area contributed by atoms with E-state index in [0.717, 1.165) is 50.4 Å². The highest BCUT2D eigenvalue weighted by Crippen LogP contribution is 2.56. The van der Waals surface area contributed by atoms with Crippen LogP contribution in [0.5, 0.6) is 0 Å². The van der Waals surface area contributed by atoms with Gasteiger partial charge in [0.1, 0.15) is 23.7 Å². The van der Waals surface area contributed by atoms with Gasteiger partial charge in [-0.15, -0.1) is 0 Å². The van der Waals surface area contributed by atoms with Crippen LogP contribution in [0.3, 0.4) is 0 Å². The number of nitrogens with zero attached hydrogens (tertiary/aromatic N) is 2. The third-order valence-electron chi connectivity index (χ3n) is 7.05. The quantitative estimate of drug-likeness (QED) is 0.794. The molecular weight excluding hydrogens is 352 g/mol. The molecule has 5 heteroatoms. The highest BCUT2D eigenvalue weighted by molar-refractivity contribution is 5.90. The van der Waals surface area contributed by atoms with Crippen LogP contribution in [-0.2, 0) is 22.7 Å². The Morgan fingerprint density at radius 2 is 2.11 bits per heavy atom. The minimum absolute atomic E-state index is 0.211. The Balaban J connectivity index is 1.40. The summed E-state index contributed by atoms with van der Waals surface area (Å²) in [4.78, 5) is 18.2. The smallest absolute Gasteiger partial charge is 0.243 e. The largest absolute Gasteiger partial charge is 0.462 e. The van der Waals surface area contributed by atoms with Gasteiger partial charge < -0.3 is 14.1 Å². The molecule has 3 saturated heterocycles. The molecule has 5 rings (SSSR count). The Morgan fingerprint density at radius 1 is 1.25 bits per heavy atom. The van der Waals surface area contributed by atoms with E-state index in [2.05, 4.69) is 47.1 Å². The first-order valence-corrected chi connectivity index (χ1v) is 10.3. The average Bonchev–Trinajstić information content (AvgIpc) is 3.42. The number of rotatable bonds is 5. The summed E-state index contributed by atoms with van der Waals surface area (Å²) in [5, 5.41) is 0. The maximum atomic E-state index is 13.6. The van der Waals surface area contributed by atoms with Crippen LogP contribution in [0.4, 0.5) is 0 Å². The number of methoxy groups -OCH3 is 1. The third kappa shape index (κ3) is 2.56. The molecule has 4 heterocycles. The van der Waals surface area contributed by atoms with Gasteiger partial charge in [-0.2, -0.15) is 0 Å². The van der Waals surface area contributed by atoms with Crippen LogP contribution in [0, 0.1) is 12.8 Å². The Kier molecular flexibility index (Phi) is 4.33. The second kappa shape index (κ2) is 6.75. The number of ether oxygens (including phenoxy) is 1. The minimum Gasteiger partial charge on any atom is -0.462 e. The lowest BCUT2D eigenvalue weighted by molar-refractivity contribution is -0.137. The van der Waals surface area contributed by atoms with Crippen LogP contribution in [0.15, 0.2) is 40.8 Å². The molecule has 1 spiro atoms. The van der Waals surface area contributed by atoms with E-state index in [9.17, 15) is 4.79 Å². The fourth-order valence-electron chi connectivity index (χ4n) is 5.77. The minimum atomic E-state index is -0.318. The molecule has 1 aromatic carbocycles. The van der Waals surface area contributed by atoms with Crippen molar-refractivity contribution < 1.29 is 13.9 Å². The van der Waals surface area contributed by atoms with Gasteiger partial charge in [-0.3, -0.25) is 9.69 Å². The summed E-state index contributed by atoms with van der Waals surface area (Å²) < 4.78 is 11.3. The highest BCUT2D eigenvalue weighted by atomic mass is 16.5. The van der Waals surface area contributed by atoms with Gasteiger partial charge in [-0.05, 0) is 49.4 Å². The number of hydrogen-bond donors (Lipinski definition) is 0. The number of aryl methyl sites for hydroxylation is 1. The molecular formula is C23H28N2O3. The fraction of sp³-hybridized carbons (Fsp3) is 0.522. The topological polar surface area (TPSA) is 45.9 Å². The van der Waals surface area contributed by atoms with Crippen molar-refractivity contribution in [1.29, 1.82) is 0 Å². The molecule has 5 nitrogen and oxygen atoms in total. The molecule has 0 N–H and O–H groups in total. The van der Waals surface area contributed by atoms with Crippen molar-refractivity contribution in [3.63, 3.8) is 0 Å². The lowest BCUT2D eigenvalue weighted by Crippen LogP contribution is -2.49. The number of likely N-dealkylation sites (tertiary alicyclic amines) is 1. The number of carbonyl (C=O) groups is 1. The van der Waals surface area contributed by atoms with Gasteiger partial charge in [0.05, 0.1) is 6.04 Å². The van der Waals surface area contributed by atoms with Gasteiger partial charge in [0.25, 0.3) is 0 Å². The van der Waals surface area contributed by atoms with Crippen molar-refractivity contribution >= 4 is 5.91 Å². The van der Waals surface area contributed by atoms with E-state index in [4.69, 9.17) is 9.15 Å². The lowest BCUT2D eigenvalue weighted by Gasteiger charge is -2.33. The summed E-state index contributed by atoms with van der Waals surface area (Å²) >= 11 is 0. The van der Waals surface area contributed by atoms with E-state index in [1.165, 1.54) is 11.1 Å². The standard InChI is InChI=1S/C23H28N2O3/c1-16-6-3-4-7-17(16)13-24-14-18-12-20(21-9-8-19(28-21)15-27-2)25-11-5-10-23(18,25)22(24)26/h3-4,6-9,18,20H,5,10-15H2,1-2H3/t18-,20-,23-/m0/s1. The first-order valence-electron chi connectivity index (χ1n) is 10.3. The van der Waals surface area contributed by atoms with E-state index >= 15 is 0 Å². The molecule has 28 heavy (non-hydrogen) atoms. The summed E-state index contributed by atoms with van der Waals surface area (Å²) in [5.41, 5.74) is 2.19. The first kappa shape index (κ1) is 18.0. The number of hydrogen-bond acceptors (Lipinski definition) is 4. The molecule has 3 aliphatic rings. The van der Waals surface area contributed by atoms with Gasteiger partial charge in [-0.1, -0.05) is 24.3 Å². The van der Waals surface area contributed by atoms with Crippen LogP contribution < -0.4 is 0 Å². The van der Waals surface area contributed by atoms with Gasteiger partial charge >= 0.3 is 0 Å². The van der Waals surface area contributed by atoms with Crippen LogP contribution in [0.2, 0.25) is 0 Å². The Bertz CT molecular complexity index is 891. The molecule has 0 bridgehead atoms. The van der Waals surface area contributed by atoms with Crippen molar-refractivity contribution in [2.45, 2.75) is 50.9 Å². The summed E-state index contributed by atoms with van der Waals surface area (Å²) in [5.74, 6) is 2.55. The second-order valence-electron chi connectivity index (χ2n) is 8.52. The molecule has 0 aliphatic carbocycles. The first-order chi connectivity index (χ1) is 13.6. The van der Waals surface area contributed by atoms with Crippen molar-refractivity contribution in [2.75, 3.05) is 20.2 Å². The molecule has 1 amide bonds. The number of furan rings is 1. The summed E-state index contributed by atoms with van der Waals surface area (Å²) in [6.07, 6.45) is 3.06. The summed E-state index contributed by atoms with van der Waals surface area (Å²) in [7, 11) is 1.68. The van der Waals surface area contributed by atoms with Crippen molar-refractivity contribution in [3.8, 4) is 0 Å². The maximum Gasteiger partial charge on any atom is 0.243 e. The molecule has 0 saturated carbocycles. The van der Waals surface area contributed by atoms with Crippen molar-refractivity contribution in [3.05, 3.63) is 59.0 Å². The predicted octanol–water partition coefficient (Wildman–Crippen LogP) is 3.67. The van der Waals surface area contributed by atoms with Crippen molar-refractivity contribution in [2.24, 2.45) is 5.92 Å². The predicted molar refractivity (Wildman–Crippen MR) is 106 cm³/mol. The Morgan fingerprint density at radius 3 is 2.93 bits per heavy atom. The molecule has 2 aromatic rings. The zero-order valence-corrected chi connectivity index (χ0v) is 16.7. The molecule has 3 atom stereocenters. The molecule has 1 aromatic heterocycles. The monoisotopic (exact) mass is 380 g/mol. The Labute approximate surface area is 166 Å². The van der Waals surface area contributed by atoms with Crippen LogP contribution >= 0.6 is 0 Å². The molecule has 0 unspecified atom stereocenters. The number of carbonyl (C=O) groups excluding carboxylic acids is 1. The highest BCUT2D eigenvalue weighted by Gasteiger charge is 2.65. The van der Waals surface area contributed by atoms with Gasteiger partial charge in [0, 0.05) is 32.7 Å². The second-order valence-corrected chi connectivity index (χ2v) is 8.52. The third-order valence-corrected chi connectivity index (χ3v) is 7.05. The van der Waals surface area contributed by atoms with Crippen LogP contribution in [0.25, 0.3) is 0 Å². The molecule has 148 valence electrons. The normalized spacial score (nSPS) is 29.5. The van der Waals surface area contributed by atoms with Crippen LogP contribution in [-0.4, -0.2) is 41.4 Å². The zero-order chi connectivity index (χ0) is 19.3. The zero-order valence-electron chi connectivity index (χ0n) is 16.7. The van der Waals surface area contributed by atoms with E-state index in [0.29, 0.717) is 18.4 Å². The summed E-state index contributed by atoms with van der Waals surface area (Å²) in [6.45, 7) is 5.17. The van der Waals surface area contributed by atoms with Crippen molar-refractivity contribution in [1.82, 2.24) is 9.80 Å². The molecule has 3 fully saturated rings. The molecule has 0 radical (unpaired) electrons. The average molecular weight is 380 g/mol. The summed E-state index contributed by atoms with van der Waals surface area (Å²) in [6, 6.07) is 12.7. The van der Waals surface area contributed by atoms with Gasteiger partial charge in [0.15, 0.2) is 0 Å². The van der Waals surface area contributed by atoms with Gasteiger partial charge in [-0.25, -0.2) is 0 Å². The van der Waals surface area contributed by atoms with E-state index < -0.39 is 0 Å². The van der Waals surface area contributed by atoms with Crippen LogP contribution in [0.1, 0.15) is 48.0 Å². The molecule has 3 aliphatic heterocycles. The van der Waals surface area contributed by atoms with Gasteiger partial charge in [0.2, 0.25) is 5.91 Å². The number of benzene rings is 1. The maximum absolute atomic E-state index is 13.6. The van der Waals surface area contributed by atoms with E-state index in [1.54, 1.807) is 7.11 Å². The Hall–Kier alpha value is -2.11.